The fourth-order valence-electron chi connectivity index (χ4n) is 2.31. The molecule has 0 aliphatic rings. The van der Waals surface area contributed by atoms with E-state index in [9.17, 15) is 4.79 Å². The van der Waals surface area contributed by atoms with E-state index in [1.54, 1.807) is 4.90 Å². The second-order valence-electron chi connectivity index (χ2n) is 6.95. The van der Waals surface area contributed by atoms with Gasteiger partial charge in [-0.05, 0) is 26.0 Å². The SMILES string of the molecule is CC(C)N(C(=O)CCc1nc(C(C)(C)C)no1)c1ccccc1. The largest absolute Gasteiger partial charge is 0.339 e. The van der Waals surface area contributed by atoms with Gasteiger partial charge in [-0.15, -0.1) is 0 Å². The molecule has 1 heterocycles. The molecule has 0 saturated carbocycles. The minimum absolute atomic E-state index is 0.0571. The average Bonchev–Trinajstić information content (AvgIpc) is 2.95. The molecule has 0 aliphatic carbocycles. The van der Waals surface area contributed by atoms with Crippen molar-refractivity contribution in [2.75, 3.05) is 4.90 Å². The van der Waals surface area contributed by atoms with Gasteiger partial charge >= 0.3 is 0 Å². The number of para-hydroxylation sites is 1. The zero-order chi connectivity index (χ0) is 17.0. The summed E-state index contributed by atoms with van der Waals surface area (Å²) in [5, 5.41) is 3.99. The second-order valence-corrected chi connectivity index (χ2v) is 6.95. The van der Waals surface area contributed by atoms with Crippen molar-refractivity contribution >= 4 is 11.6 Å². The van der Waals surface area contributed by atoms with E-state index in [1.165, 1.54) is 0 Å². The van der Waals surface area contributed by atoms with Gasteiger partial charge in [0.2, 0.25) is 11.8 Å². The number of benzene rings is 1. The Morgan fingerprint density at radius 3 is 2.39 bits per heavy atom. The molecule has 5 heteroatoms. The van der Waals surface area contributed by atoms with Crippen LogP contribution < -0.4 is 4.90 Å². The van der Waals surface area contributed by atoms with E-state index in [2.05, 4.69) is 10.1 Å². The van der Waals surface area contributed by atoms with Crippen molar-refractivity contribution in [3.63, 3.8) is 0 Å². The summed E-state index contributed by atoms with van der Waals surface area (Å²) in [6, 6.07) is 9.80. The number of hydrogen-bond acceptors (Lipinski definition) is 4. The predicted octanol–water partition coefficient (Wildman–Crippen LogP) is 3.74. The fourth-order valence-corrected chi connectivity index (χ4v) is 2.31. The van der Waals surface area contributed by atoms with Gasteiger partial charge in [0.15, 0.2) is 5.82 Å². The third-order valence-electron chi connectivity index (χ3n) is 3.51. The van der Waals surface area contributed by atoms with E-state index < -0.39 is 0 Å². The summed E-state index contributed by atoms with van der Waals surface area (Å²) in [5.74, 6) is 1.24. The molecule has 124 valence electrons. The third kappa shape index (κ3) is 4.41. The van der Waals surface area contributed by atoms with Gasteiger partial charge in [0.1, 0.15) is 0 Å². The first-order valence-electron chi connectivity index (χ1n) is 7.99. The van der Waals surface area contributed by atoms with Gasteiger partial charge in [0, 0.05) is 30.0 Å². The van der Waals surface area contributed by atoms with Crippen LogP contribution >= 0.6 is 0 Å². The Hall–Kier alpha value is -2.17. The summed E-state index contributed by atoms with van der Waals surface area (Å²) in [5.41, 5.74) is 0.758. The highest BCUT2D eigenvalue weighted by Gasteiger charge is 2.23. The average molecular weight is 315 g/mol. The second kappa shape index (κ2) is 6.94. The van der Waals surface area contributed by atoms with Crippen molar-refractivity contribution in [1.82, 2.24) is 10.1 Å². The summed E-state index contributed by atoms with van der Waals surface area (Å²) in [7, 11) is 0. The number of aryl methyl sites for hydroxylation is 1. The van der Waals surface area contributed by atoms with Crippen LogP contribution in [0.3, 0.4) is 0 Å². The molecule has 1 aromatic carbocycles. The highest BCUT2D eigenvalue weighted by molar-refractivity contribution is 5.93. The Labute approximate surface area is 137 Å². The molecule has 0 unspecified atom stereocenters. The van der Waals surface area contributed by atoms with Gasteiger partial charge < -0.3 is 9.42 Å². The molecular formula is C18H25N3O2. The van der Waals surface area contributed by atoms with E-state index in [0.717, 1.165) is 5.69 Å². The van der Waals surface area contributed by atoms with Crippen molar-refractivity contribution in [3.8, 4) is 0 Å². The third-order valence-corrected chi connectivity index (χ3v) is 3.51. The molecule has 0 bridgehead atoms. The van der Waals surface area contributed by atoms with Crippen LogP contribution in [0.25, 0.3) is 0 Å². The van der Waals surface area contributed by atoms with Crippen LogP contribution in [0, 0.1) is 0 Å². The lowest BCUT2D eigenvalue weighted by atomic mass is 9.96. The molecule has 2 rings (SSSR count). The lowest BCUT2D eigenvalue weighted by Gasteiger charge is -2.26. The summed E-state index contributed by atoms with van der Waals surface area (Å²) >= 11 is 0. The van der Waals surface area contributed by atoms with Crippen LogP contribution in [0.1, 0.15) is 52.8 Å². The maximum absolute atomic E-state index is 12.6. The van der Waals surface area contributed by atoms with Crippen molar-refractivity contribution in [1.29, 1.82) is 0 Å². The highest BCUT2D eigenvalue weighted by Crippen LogP contribution is 2.20. The Morgan fingerprint density at radius 1 is 1.22 bits per heavy atom. The van der Waals surface area contributed by atoms with E-state index in [-0.39, 0.29) is 17.4 Å². The Morgan fingerprint density at radius 2 is 1.87 bits per heavy atom. The van der Waals surface area contributed by atoms with E-state index >= 15 is 0 Å². The van der Waals surface area contributed by atoms with Crippen molar-refractivity contribution in [3.05, 3.63) is 42.0 Å². The lowest BCUT2D eigenvalue weighted by Crippen LogP contribution is -2.37. The predicted molar refractivity (Wildman–Crippen MR) is 90.4 cm³/mol. The lowest BCUT2D eigenvalue weighted by molar-refractivity contribution is -0.119. The minimum atomic E-state index is -0.153. The quantitative estimate of drug-likeness (QED) is 0.843. The molecule has 5 nitrogen and oxygen atoms in total. The molecule has 1 aromatic heterocycles. The Kier molecular flexibility index (Phi) is 5.19. The maximum atomic E-state index is 12.6. The molecule has 23 heavy (non-hydrogen) atoms. The van der Waals surface area contributed by atoms with Gasteiger partial charge in [0.25, 0.3) is 0 Å². The standard InChI is InChI=1S/C18H25N3O2/c1-13(2)21(14-9-7-6-8-10-14)16(22)12-11-15-19-17(20-23-15)18(3,4)5/h6-10,13H,11-12H2,1-5H3. The molecule has 2 aromatic rings. The first-order valence-corrected chi connectivity index (χ1v) is 7.99. The number of amides is 1. The van der Waals surface area contributed by atoms with E-state index in [1.807, 2.05) is 65.0 Å². The van der Waals surface area contributed by atoms with Gasteiger partial charge in [-0.2, -0.15) is 4.98 Å². The normalized spacial score (nSPS) is 11.7. The number of aromatic nitrogens is 2. The number of nitrogens with zero attached hydrogens (tertiary/aromatic N) is 3. The number of anilines is 1. The number of rotatable bonds is 5. The topological polar surface area (TPSA) is 59.2 Å². The van der Waals surface area contributed by atoms with E-state index in [0.29, 0.717) is 24.6 Å². The molecule has 0 fully saturated rings. The number of carbonyl (C=O) groups excluding carboxylic acids is 1. The summed E-state index contributed by atoms with van der Waals surface area (Å²) < 4.78 is 5.26. The Bertz CT molecular complexity index is 642. The van der Waals surface area contributed by atoms with Crippen molar-refractivity contribution in [2.24, 2.45) is 0 Å². The highest BCUT2D eigenvalue weighted by atomic mass is 16.5. The number of carbonyl (C=O) groups is 1. The minimum Gasteiger partial charge on any atom is -0.339 e. The van der Waals surface area contributed by atoms with Crippen LogP contribution in [0.2, 0.25) is 0 Å². The summed E-state index contributed by atoms with van der Waals surface area (Å²) in [6.07, 6.45) is 0.802. The molecule has 0 N–H and O–H groups in total. The van der Waals surface area contributed by atoms with Gasteiger partial charge in [-0.3, -0.25) is 4.79 Å². The van der Waals surface area contributed by atoms with Crippen LogP contribution in [0.15, 0.2) is 34.9 Å². The van der Waals surface area contributed by atoms with Gasteiger partial charge in [-0.25, -0.2) is 0 Å². The first-order chi connectivity index (χ1) is 10.8. The zero-order valence-electron chi connectivity index (χ0n) is 14.5. The molecular weight excluding hydrogens is 290 g/mol. The summed E-state index contributed by atoms with van der Waals surface area (Å²) in [6.45, 7) is 10.1. The molecule has 1 amide bonds. The van der Waals surface area contributed by atoms with E-state index in [4.69, 9.17) is 4.52 Å². The zero-order valence-corrected chi connectivity index (χ0v) is 14.5. The summed E-state index contributed by atoms with van der Waals surface area (Å²) in [4.78, 5) is 18.8. The number of hydrogen-bond donors (Lipinski definition) is 0. The maximum Gasteiger partial charge on any atom is 0.227 e. The molecule has 0 spiro atoms. The van der Waals surface area contributed by atoms with Gasteiger partial charge in [-0.1, -0.05) is 44.1 Å². The monoisotopic (exact) mass is 315 g/mol. The van der Waals surface area contributed by atoms with Crippen LogP contribution in [-0.2, 0) is 16.6 Å². The van der Waals surface area contributed by atoms with Gasteiger partial charge in [0.05, 0.1) is 0 Å². The molecule has 0 atom stereocenters. The Balaban J connectivity index is 2.04. The van der Waals surface area contributed by atoms with Crippen LogP contribution in [-0.4, -0.2) is 22.1 Å². The molecule has 0 aliphatic heterocycles. The fraction of sp³-hybridized carbons (Fsp3) is 0.500. The van der Waals surface area contributed by atoms with Crippen molar-refractivity contribution < 1.29 is 9.32 Å². The van der Waals surface area contributed by atoms with Crippen LogP contribution in [0.5, 0.6) is 0 Å². The van der Waals surface area contributed by atoms with Crippen LogP contribution in [0.4, 0.5) is 5.69 Å². The molecule has 0 radical (unpaired) electrons. The smallest absolute Gasteiger partial charge is 0.227 e. The van der Waals surface area contributed by atoms with Crippen molar-refractivity contribution in [2.45, 2.75) is 58.9 Å². The molecule has 0 saturated heterocycles. The first kappa shape index (κ1) is 17.2.